The molecule has 3 aliphatic rings. The zero-order valence-corrected chi connectivity index (χ0v) is 18.4. The largest absolute Gasteiger partial charge is 0.445 e. The molecule has 6 nitrogen and oxygen atoms in total. The summed E-state index contributed by atoms with van der Waals surface area (Å²) < 4.78 is 22.7. The van der Waals surface area contributed by atoms with Crippen LogP contribution >= 0.6 is 0 Å². The minimum Gasteiger partial charge on any atom is -0.445 e. The molecule has 2 heterocycles. The van der Waals surface area contributed by atoms with Gasteiger partial charge in [-0.1, -0.05) is 60.7 Å². The van der Waals surface area contributed by atoms with Crippen LogP contribution in [0.3, 0.4) is 0 Å². The molecule has 2 atom stereocenters. The van der Waals surface area contributed by atoms with Crippen LogP contribution in [0.25, 0.3) is 0 Å². The molecule has 5 rings (SSSR count). The molecular formula is C26H24O6. The van der Waals surface area contributed by atoms with Crippen LogP contribution in [0, 0.1) is 0 Å². The third-order valence-corrected chi connectivity index (χ3v) is 5.80. The normalized spacial score (nSPS) is 30.1. The van der Waals surface area contributed by atoms with Crippen molar-refractivity contribution in [3.8, 4) is 0 Å². The van der Waals surface area contributed by atoms with Gasteiger partial charge in [0.2, 0.25) is 23.1 Å². The van der Waals surface area contributed by atoms with Crippen molar-refractivity contribution in [2.45, 2.75) is 51.1 Å². The average Bonchev–Trinajstić information content (AvgIpc) is 3.14. The SMILES string of the molecule is CC1(C)OC(=O)/C(=C2/C(=C3/OC(C)(C)OC3=O)[C@H](c3ccccc3)[C@H]2c2ccccc2)O1. The Bertz CT molecular complexity index is 1060. The van der Waals surface area contributed by atoms with Crippen molar-refractivity contribution >= 4 is 11.9 Å². The number of carbonyl (C=O) groups is 2. The fourth-order valence-corrected chi connectivity index (χ4v) is 4.62. The van der Waals surface area contributed by atoms with Gasteiger partial charge in [0.1, 0.15) is 0 Å². The molecule has 2 aromatic carbocycles. The van der Waals surface area contributed by atoms with Crippen LogP contribution in [0.2, 0.25) is 0 Å². The highest BCUT2D eigenvalue weighted by Gasteiger charge is 2.55. The second kappa shape index (κ2) is 6.99. The van der Waals surface area contributed by atoms with Gasteiger partial charge in [0, 0.05) is 50.7 Å². The minimum absolute atomic E-state index is 0.111. The summed E-state index contributed by atoms with van der Waals surface area (Å²) in [4.78, 5) is 25.7. The van der Waals surface area contributed by atoms with Crippen LogP contribution in [0.5, 0.6) is 0 Å². The van der Waals surface area contributed by atoms with E-state index in [2.05, 4.69) is 0 Å². The van der Waals surface area contributed by atoms with E-state index in [9.17, 15) is 9.59 Å². The number of carbonyl (C=O) groups excluding carboxylic acids is 2. The summed E-state index contributed by atoms with van der Waals surface area (Å²) in [5.41, 5.74) is 3.20. The summed E-state index contributed by atoms with van der Waals surface area (Å²) >= 11 is 0. The number of cyclic esters (lactones) is 2. The summed E-state index contributed by atoms with van der Waals surface area (Å²) in [5, 5.41) is 0. The Hall–Kier alpha value is -3.54. The predicted molar refractivity (Wildman–Crippen MR) is 115 cm³/mol. The van der Waals surface area contributed by atoms with Crippen LogP contribution in [0.15, 0.2) is 83.3 Å². The number of rotatable bonds is 2. The second-order valence-electron chi connectivity index (χ2n) is 9.05. The lowest BCUT2D eigenvalue weighted by atomic mass is 9.58. The zero-order valence-electron chi connectivity index (χ0n) is 18.4. The molecule has 2 saturated heterocycles. The molecule has 2 aliphatic heterocycles. The molecule has 0 radical (unpaired) electrons. The van der Waals surface area contributed by atoms with E-state index in [1.165, 1.54) is 0 Å². The Morgan fingerprint density at radius 2 is 0.906 bits per heavy atom. The topological polar surface area (TPSA) is 71.1 Å². The van der Waals surface area contributed by atoms with Crippen LogP contribution < -0.4 is 0 Å². The lowest BCUT2D eigenvalue weighted by molar-refractivity contribution is -0.160. The number of benzene rings is 2. The van der Waals surface area contributed by atoms with Crippen LogP contribution in [0.1, 0.15) is 50.7 Å². The van der Waals surface area contributed by atoms with Gasteiger partial charge in [-0.05, 0) is 11.1 Å². The standard InChI is InChI=1S/C26H24O6/c1-25(2)29-21(23(27)31-25)19-17(15-11-7-5-8-12-15)18(16-13-9-6-10-14-16)20(19)22-24(28)32-26(3,4)30-22/h5-14,17-18H,1-4H3/b21-19-,22-20+/t17-,18-/m1/s1. The Morgan fingerprint density at radius 1 is 0.562 bits per heavy atom. The maximum Gasteiger partial charge on any atom is 0.377 e. The minimum atomic E-state index is -1.09. The molecular weight excluding hydrogens is 408 g/mol. The van der Waals surface area contributed by atoms with Crippen molar-refractivity contribution in [1.82, 2.24) is 0 Å². The third-order valence-electron chi connectivity index (χ3n) is 5.80. The van der Waals surface area contributed by atoms with Gasteiger partial charge in [0.15, 0.2) is 0 Å². The molecule has 0 unspecified atom stereocenters. The molecule has 0 N–H and O–H groups in total. The summed E-state index contributed by atoms with van der Waals surface area (Å²) in [6.07, 6.45) is 0. The fraction of sp³-hybridized carbons (Fsp3) is 0.308. The van der Waals surface area contributed by atoms with E-state index in [0.717, 1.165) is 11.1 Å². The van der Waals surface area contributed by atoms with Crippen molar-refractivity contribution < 1.29 is 28.5 Å². The molecule has 32 heavy (non-hydrogen) atoms. The van der Waals surface area contributed by atoms with E-state index in [1.807, 2.05) is 60.7 Å². The maximum atomic E-state index is 12.8. The number of hydrogen-bond acceptors (Lipinski definition) is 6. The van der Waals surface area contributed by atoms with Crippen LogP contribution in [-0.4, -0.2) is 23.5 Å². The Labute approximate surface area is 186 Å². The average molecular weight is 432 g/mol. The molecule has 6 heteroatoms. The van der Waals surface area contributed by atoms with E-state index in [-0.39, 0.29) is 23.4 Å². The molecule has 0 spiro atoms. The van der Waals surface area contributed by atoms with Gasteiger partial charge in [-0.15, -0.1) is 0 Å². The van der Waals surface area contributed by atoms with Crippen molar-refractivity contribution in [3.63, 3.8) is 0 Å². The molecule has 0 bridgehead atoms. The molecule has 0 aromatic heterocycles. The first-order valence-electron chi connectivity index (χ1n) is 10.6. The maximum absolute atomic E-state index is 12.8. The van der Waals surface area contributed by atoms with E-state index < -0.39 is 23.5 Å². The summed E-state index contributed by atoms with van der Waals surface area (Å²) in [6, 6.07) is 19.7. The Balaban J connectivity index is 1.77. The molecule has 164 valence electrons. The van der Waals surface area contributed by atoms with Gasteiger partial charge in [0.05, 0.1) is 0 Å². The van der Waals surface area contributed by atoms with E-state index in [0.29, 0.717) is 11.1 Å². The van der Waals surface area contributed by atoms with E-state index in [4.69, 9.17) is 18.9 Å². The lowest BCUT2D eigenvalue weighted by Crippen LogP contribution is -2.33. The van der Waals surface area contributed by atoms with Gasteiger partial charge >= 0.3 is 11.9 Å². The lowest BCUT2D eigenvalue weighted by Gasteiger charge is -2.43. The monoisotopic (exact) mass is 432 g/mol. The fourth-order valence-electron chi connectivity index (χ4n) is 4.62. The third kappa shape index (κ3) is 3.27. The van der Waals surface area contributed by atoms with Gasteiger partial charge in [-0.2, -0.15) is 0 Å². The van der Waals surface area contributed by atoms with E-state index in [1.54, 1.807) is 27.7 Å². The van der Waals surface area contributed by atoms with Crippen LogP contribution in [-0.2, 0) is 28.5 Å². The number of allylic oxidation sites excluding steroid dienone is 2. The van der Waals surface area contributed by atoms with Gasteiger partial charge in [-0.3, -0.25) is 0 Å². The molecule has 3 fully saturated rings. The van der Waals surface area contributed by atoms with Crippen molar-refractivity contribution in [2.24, 2.45) is 0 Å². The van der Waals surface area contributed by atoms with Gasteiger partial charge in [-0.25, -0.2) is 9.59 Å². The molecule has 0 amide bonds. The highest BCUT2D eigenvalue weighted by Crippen LogP contribution is 2.61. The molecule has 2 aromatic rings. The van der Waals surface area contributed by atoms with Gasteiger partial charge < -0.3 is 18.9 Å². The summed E-state index contributed by atoms with van der Waals surface area (Å²) in [6.45, 7) is 6.72. The first-order chi connectivity index (χ1) is 15.2. The summed E-state index contributed by atoms with van der Waals surface area (Å²) in [5.74, 6) is -3.52. The number of ether oxygens (including phenoxy) is 4. The highest BCUT2D eigenvalue weighted by molar-refractivity contribution is 5.96. The first-order valence-corrected chi connectivity index (χ1v) is 10.6. The van der Waals surface area contributed by atoms with Crippen molar-refractivity contribution in [3.05, 3.63) is 94.5 Å². The quantitative estimate of drug-likeness (QED) is 0.506. The van der Waals surface area contributed by atoms with Crippen molar-refractivity contribution in [1.29, 1.82) is 0 Å². The number of hydrogen-bond donors (Lipinski definition) is 0. The molecule has 1 aliphatic carbocycles. The first kappa shape index (κ1) is 20.4. The highest BCUT2D eigenvalue weighted by atomic mass is 16.8. The zero-order chi connectivity index (χ0) is 22.7. The molecule has 1 saturated carbocycles. The predicted octanol–water partition coefficient (Wildman–Crippen LogP) is 4.69. The number of esters is 2. The Kier molecular flexibility index (Phi) is 4.45. The van der Waals surface area contributed by atoms with Crippen LogP contribution in [0.4, 0.5) is 0 Å². The van der Waals surface area contributed by atoms with Crippen molar-refractivity contribution in [2.75, 3.05) is 0 Å². The van der Waals surface area contributed by atoms with Gasteiger partial charge in [0.25, 0.3) is 0 Å². The second-order valence-corrected chi connectivity index (χ2v) is 9.05. The smallest absolute Gasteiger partial charge is 0.377 e. The Morgan fingerprint density at radius 3 is 1.19 bits per heavy atom. The summed E-state index contributed by atoms with van der Waals surface area (Å²) in [7, 11) is 0. The van der Waals surface area contributed by atoms with E-state index >= 15 is 0 Å².